The van der Waals surface area contributed by atoms with Gasteiger partial charge in [0.2, 0.25) is 0 Å². The van der Waals surface area contributed by atoms with E-state index in [1.807, 2.05) is 6.92 Å². The second kappa shape index (κ2) is 3.67. The Morgan fingerprint density at radius 3 is 2.38 bits per heavy atom. The highest BCUT2D eigenvalue weighted by molar-refractivity contribution is 5.00. The molecule has 0 aromatic heterocycles. The summed E-state index contributed by atoms with van der Waals surface area (Å²) in [4.78, 5) is 0. The van der Waals surface area contributed by atoms with Gasteiger partial charge >= 0.3 is 0 Å². The molecule has 1 atom stereocenters. The number of nitrogens with two attached hydrogens (primary N) is 1. The molecule has 8 heavy (non-hydrogen) atoms. The number of hydrogen-bond acceptors (Lipinski definition) is 1. The smallest absolute Gasteiger partial charge is 0.00143 e. The van der Waals surface area contributed by atoms with Gasteiger partial charge in [0, 0.05) is 0 Å². The van der Waals surface area contributed by atoms with Crippen LogP contribution >= 0.6 is 0 Å². The summed E-state index contributed by atoms with van der Waals surface area (Å²) in [6.07, 6.45) is 2.11. The topological polar surface area (TPSA) is 26.0 Å². The van der Waals surface area contributed by atoms with E-state index in [0.717, 1.165) is 6.54 Å². The maximum Gasteiger partial charge on any atom is -0.00143 e. The lowest BCUT2D eigenvalue weighted by atomic mass is 10.0. The van der Waals surface area contributed by atoms with Crippen LogP contribution in [-0.4, -0.2) is 6.54 Å². The molecule has 1 unspecified atom stereocenters. The Labute approximate surface area is 51.6 Å². The van der Waals surface area contributed by atoms with Crippen LogP contribution in [-0.2, 0) is 0 Å². The van der Waals surface area contributed by atoms with Gasteiger partial charge in [-0.1, -0.05) is 18.6 Å². The van der Waals surface area contributed by atoms with Crippen molar-refractivity contribution in [2.45, 2.75) is 20.8 Å². The molecule has 0 rings (SSSR count). The first-order valence-corrected chi connectivity index (χ1v) is 3.05. The van der Waals surface area contributed by atoms with Gasteiger partial charge in [-0.2, -0.15) is 0 Å². The van der Waals surface area contributed by atoms with Crippen molar-refractivity contribution in [3.63, 3.8) is 0 Å². The zero-order chi connectivity index (χ0) is 6.57. The molecule has 0 heterocycles. The monoisotopic (exact) mass is 113 g/mol. The molecule has 0 aliphatic carbocycles. The summed E-state index contributed by atoms with van der Waals surface area (Å²) < 4.78 is 0. The molecule has 1 heteroatoms. The van der Waals surface area contributed by atoms with Crippen LogP contribution in [0.2, 0.25) is 0 Å². The van der Waals surface area contributed by atoms with Gasteiger partial charge in [-0.3, -0.25) is 0 Å². The van der Waals surface area contributed by atoms with Crippen molar-refractivity contribution in [3.8, 4) is 0 Å². The zero-order valence-corrected chi connectivity index (χ0v) is 5.94. The molecule has 0 spiro atoms. The van der Waals surface area contributed by atoms with Crippen LogP contribution in [0.15, 0.2) is 11.6 Å². The van der Waals surface area contributed by atoms with Crippen LogP contribution in [0.4, 0.5) is 0 Å². The molecule has 1 nitrogen and oxygen atoms in total. The number of hydrogen-bond donors (Lipinski definition) is 1. The standard InChI is InChI=1S/C7H15N/c1-4-6(2)7(3)5-8/h4,7H,5,8H2,1-3H3. The highest BCUT2D eigenvalue weighted by atomic mass is 14.5. The third-order valence-corrected chi connectivity index (χ3v) is 1.59. The first kappa shape index (κ1) is 7.70. The van der Waals surface area contributed by atoms with Crippen molar-refractivity contribution in [1.82, 2.24) is 0 Å². The predicted molar refractivity (Wildman–Crippen MR) is 37.6 cm³/mol. The Morgan fingerprint density at radius 1 is 1.75 bits per heavy atom. The maximum absolute atomic E-state index is 5.41. The van der Waals surface area contributed by atoms with E-state index in [2.05, 4.69) is 19.9 Å². The average molecular weight is 113 g/mol. The second-order valence-electron chi connectivity index (χ2n) is 2.17. The Balaban J connectivity index is 3.63. The quantitative estimate of drug-likeness (QED) is 0.540. The summed E-state index contributed by atoms with van der Waals surface area (Å²) in [6, 6.07) is 0. The van der Waals surface area contributed by atoms with Crippen molar-refractivity contribution in [3.05, 3.63) is 11.6 Å². The van der Waals surface area contributed by atoms with E-state index >= 15 is 0 Å². The second-order valence-corrected chi connectivity index (χ2v) is 2.17. The van der Waals surface area contributed by atoms with Crippen molar-refractivity contribution in [2.24, 2.45) is 11.7 Å². The van der Waals surface area contributed by atoms with Gasteiger partial charge in [-0.25, -0.2) is 0 Å². The third kappa shape index (κ3) is 2.12. The molecular formula is C7H15N. The minimum Gasteiger partial charge on any atom is -0.330 e. The first-order valence-electron chi connectivity index (χ1n) is 3.05. The van der Waals surface area contributed by atoms with Crippen LogP contribution in [0.5, 0.6) is 0 Å². The van der Waals surface area contributed by atoms with Crippen molar-refractivity contribution >= 4 is 0 Å². The van der Waals surface area contributed by atoms with Crippen molar-refractivity contribution in [2.75, 3.05) is 6.54 Å². The molecule has 0 fully saturated rings. The van der Waals surface area contributed by atoms with E-state index in [9.17, 15) is 0 Å². The fraction of sp³-hybridized carbons (Fsp3) is 0.714. The minimum atomic E-state index is 0.556. The molecule has 0 aromatic rings. The summed E-state index contributed by atoms with van der Waals surface area (Å²) in [5.74, 6) is 0.556. The van der Waals surface area contributed by atoms with E-state index in [4.69, 9.17) is 5.73 Å². The molecule has 0 aliphatic heterocycles. The lowest BCUT2D eigenvalue weighted by Crippen LogP contribution is -2.11. The van der Waals surface area contributed by atoms with Crippen LogP contribution in [0.3, 0.4) is 0 Å². The van der Waals surface area contributed by atoms with Gasteiger partial charge in [0.05, 0.1) is 0 Å². The van der Waals surface area contributed by atoms with Crippen LogP contribution in [0.25, 0.3) is 0 Å². The summed E-state index contributed by atoms with van der Waals surface area (Å²) in [5, 5.41) is 0. The highest BCUT2D eigenvalue weighted by Gasteiger charge is 1.97. The normalized spacial score (nSPS) is 16.2. The Kier molecular flexibility index (Phi) is 3.53. The van der Waals surface area contributed by atoms with Gasteiger partial charge in [0.15, 0.2) is 0 Å². The lowest BCUT2D eigenvalue weighted by Gasteiger charge is -2.06. The van der Waals surface area contributed by atoms with Gasteiger partial charge in [0.25, 0.3) is 0 Å². The zero-order valence-electron chi connectivity index (χ0n) is 5.94. The molecule has 0 aromatic carbocycles. The van der Waals surface area contributed by atoms with Crippen molar-refractivity contribution in [1.29, 1.82) is 0 Å². The summed E-state index contributed by atoms with van der Waals surface area (Å²) in [6.45, 7) is 7.05. The van der Waals surface area contributed by atoms with E-state index < -0.39 is 0 Å². The largest absolute Gasteiger partial charge is 0.330 e. The summed E-state index contributed by atoms with van der Waals surface area (Å²) in [5.41, 5.74) is 6.79. The first-order chi connectivity index (χ1) is 3.72. The van der Waals surface area contributed by atoms with Gasteiger partial charge in [0.1, 0.15) is 0 Å². The Hall–Kier alpha value is -0.300. The minimum absolute atomic E-state index is 0.556. The fourth-order valence-electron chi connectivity index (χ4n) is 0.470. The summed E-state index contributed by atoms with van der Waals surface area (Å²) >= 11 is 0. The number of allylic oxidation sites excluding steroid dienone is 1. The van der Waals surface area contributed by atoms with Crippen LogP contribution < -0.4 is 5.73 Å². The molecule has 0 amide bonds. The third-order valence-electron chi connectivity index (χ3n) is 1.59. The molecule has 2 N–H and O–H groups in total. The highest BCUT2D eigenvalue weighted by Crippen LogP contribution is 2.05. The van der Waals surface area contributed by atoms with Crippen LogP contribution in [0.1, 0.15) is 20.8 Å². The molecule has 0 saturated carbocycles. The van der Waals surface area contributed by atoms with E-state index in [1.165, 1.54) is 5.57 Å². The average Bonchev–Trinajstić information content (AvgIpc) is 1.84. The predicted octanol–water partition coefficient (Wildman–Crippen LogP) is 1.55. The molecule has 0 saturated heterocycles. The van der Waals surface area contributed by atoms with Crippen molar-refractivity contribution < 1.29 is 0 Å². The van der Waals surface area contributed by atoms with E-state index in [1.54, 1.807) is 0 Å². The Bertz CT molecular complexity index is 84.4. The van der Waals surface area contributed by atoms with Crippen LogP contribution in [0, 0.1) is 5.92 Å². The molecule has 48 valence electrons. The van der Waals surface area contributed by atoms with Gasteiger partial charge < -0.3 is 5.73 Å². The SMILES string of the molecule is CC=C(C)C(C)CN. The fourth-order valence-corrected chi connectivity index (χ4v) is 0.470. The number of rotatable bonds is 2. The Morgan fingerprint density at radius 2 is 2.25 bits per heavy atom. The lowest BCUT2D eigenvalue weighted by molar-refractivity contribution is 0.692. The molecule has 0 aliphatic rings. The van der Waals surface area contributed by atoms with E-state index in [-0.39, 0.29) is 0 Å². The van der Waals surface area contributed by atoms with E-state index in [0.29, 0.717) is 5.92 Å². The maximum atomic E-state index is 5.41. The van der Waals surface area contributed by atoms with Gasteiger partial charge in [-0.15, -0.1) is 0 Å². The summed E-state index contributed by atoms with van der Waals surface area (Å²) in [7, 11) is 0. The molecule has 0 radical (unpaired) electrons. The molecule has 0 bridgehead atoms. The van der Waals surface area contributed by atoms with Gasteiger partial charge in [-0.05, 0) is 26.3 Å². The molecular weight excluding hydrogens is 98.1 g/mol.